The van der Waals surface area contributed by atoms with Crippen LogP contribution in [0.2, 0.25) is 0 Å². The van der Waals surface area contributed by atoms with Gasteiger partial charge < -0.3 is 15.4 Å². The molecule has 0 saturated heterocycles. The highest BCUT2D eigenvalue weighted by molar-refractivity contribution is 5.73. The standard InChI is InChI=1S/C11H24N2O2/c1-4-6-12-11(14)13-7-5-8-15-9-10(2)3/h10H,4-9H2,1-3H3,(H2,12,13,14). The molecule has 0 aliphatic heterocycles. The Labute approximate surface area is 92.8 Å². The number of ether oxygens (including phenoxy) is 1. The molecule has 0 aromatic carbocycles. The Morgan fingerprint density at radius 3 is 2.53 bits per heavy atom. The van der Waals surface area contributed by atoms with E-state index < -0.39 is 0 Å². The summed E-state index contributed by atoms with van der Waals surface area (Å²) in [6.07, 6.45) is 1.83. The Morgan fingerprint density at radius 2 is 1.93 bits per heavy atom. The van der Waals surface area contributed by atoms with E-state index >= 15 is 0 Å². The third-order valence-electron chi connectivity index (χ3n) is 1.74. The Morgan fingerprint density at radius 1 is 1.27 bits per heavy atom. The summed E-state index contributed by atoms with van der Waals surface area (Å²) in [4.78, 5) is 11.1. The summed E-state index contributed by atoms with van der Waals surface area (Å²) in [5, 5.41) is 5.53. The molecule has 15 heavy (non-hydrogen) atoms. The van der Waals surface area contributed by atoms with Gasteiger partial charge in [-0.1, -0.05) is 20.8 Å². The van der Waals surface area contributed by atoms with Crippen LogP contribution in [0.1, 0.15) is 33.6 Å². The summed E-state index contributed by atoms with van der Waals surface area (Å²) < 4.78 is 5.39. The smallest absolute Gasteiger partial charge is 0.314 e. The van der Waals surface area contributed by atoms with Crippen molar-refractivity contribution in [1.29, 1.82) is 0 Å². The van der Waals surface area contributed by atoms with Crippen LogP contribution in [0.5, 0.6) is 0 Å². The molecule has 0 fully saturated rings. The lowest BCUT2D eigenvalue weighted by Gasteiger charge is -2.08. The van der Waals surface area contributed by atoms with E-state index in [4.69, 9.17) is 4.74 Å². The van der Waals surface area contributed by atoms with Gasteiger partial charge in [-0.2, -0.15) is 0 Å². The number of rotatable bonds is 8. The van der Waals surface area contributed by atoms with Crippen LogP contribution in [0, 0.1) is 5.92 Å². The van der Waals surface area contributed by atoms with E-state index in [0.717, 1.165) is 26.0 Å². The fourth-order valence-electron chi connectivity index (χ4n) is 0.996. The molecular weight excluding hydrogens is 192 g/mol. The molecule has 4 heteroatoms. The van der Waals surface area contributed by atoms with E-state index in [9.17, 15) is 4.79 Å². The first-order valence-corrected chi connectivity index (χ1v) is 5.76. The summed E-state index contributed by atoms with van der Waals surface area (Å²) in [7, 11) is 0. The van der Waals surface area contributed by atoms with Crippen molar-refractivity contribution in [2.75, 3.05) is 26.3 Å². The van der Waals surface area contributed by atoms with E-state index in [1.54, 1.807) is 0 Å². The van der Waals surface area contributed by atoms with Gasteiger partial charge in [-0.25, -0.2) is 4.79 Å². The van der Waals surface area contributed by atoms with Crippen molar-refractivity contribution in [3.05, 3.63) is 0 Å². The molecule has 0 aromatic rings. The second-order valence-corrected chi connectivity index (χ2v) is 4.00. The third-order valence-corrected chi connectivity index (χ3v) is 1.74. The summed E-state index contributed by atoms with van der Waals surface area (Å²) in [5.41, 5.74) is 0. The van der Waals surface area contributed by atoms with E-state index in [-0.39, 0.29) is 6.03 Å². The van der Waals surface area contributed by atoms with Gasteiger partial charge in [-0.15, -0.1) is 0 Å². The maximum absolute atomic E-state index is 11.1. The lowest BCUT2D eigenvalue weighted by Crippen LogP contribution is -2.36. The molecule has 2 N–H and O–H groups in total. The second kappa shape index (κ2) is 9.77. The number of urea groups is 1. The van der Waals surface area contributed by atoms with E-state index in [0.29, 0.717) is 19.1 Å². The zero-order valence-corrected chi connectivity index (χ0v) is 10.1. The highest BCUT2D eigenvalue weighted by atomic mass is 16.5. The molecule has 2 amide bonds. The van der Waals surface area contributed by atoms with Crippen LogP contribution < -0.4 is 10.6 Å². The molecule has 0 saturated carbocycles. The van der Waals surface area contributed by atoms with Crippen LogP contribution >= 0.6 is 0 Å². The second-order valence-electron chi connectivity index (χ2n) is 4.00. The van der Waals surface area contributed by atoms with Crippen LogP contribution in [0.25, 0.3) is 0 Å². The highest BCUT2D eigenvalue weighted by Crippen LogP contribution is 1.92. The summed E-state index contributed by atoms with van der Waals surface area (Å²) in [6, 6.07) is -0.0827. The first kappa shape index (κ1) is 14.2. The molecule has 0 unspecified atom stereocenters. The third kappa shape index (κ3) is 11.2. The lowest BCUT2D eigenvalue weighted by atomic mass is 10.2. The molecule has 0 aliphatic rings. The van der Waals surface area contributed by atoms with Gasteiger partial charge in [-0.05, 0) is 18.8 Å². The first-order valence-electron chi connectivity index (χ1n) is 5.76. The quantitative estimate of drug-likeness (QED) is 0.607. The van der Waals surface area contributed by atoms with Crippen molar-refractivity contribution < 1.29 is 9.53 Å². The highest BCUT2D eigenvalue weighted by Gasteiger charge is 1.97. The van der Waals surface area contributed by atoms with Gasteiger partial charge >= 0.3 is 6.03 Å². The minimum atomic E-state index is -0.0827. The predicted molar refractivity (Wildman–Crippen MR) is 62.0 cm³/mol. The van der Waals surface area contributed by atoms with Gasteiger partial charge in [0, 0.05) is 26.3 Å². The normalized spacial score (nSPS) is 10.4. The van der Waals surface area contributed by atoms with Crippen LogP contribution in [0.4, 0.5) is 4.79 Å². The van der Waals surface area contributed by atoms with Crippen LogP contribution in [0.15, 0.2) is 0 Å². The molecule has 0 heterocycles. The summed E-state index contributed by atoms with van der Waals surface area (Å²) in [6.45, 7) is 9.19. The average Bonchev–Trinajstić information content (AvgIpc) is 2.19. The molecule has 0 atom stereocenters. The molecule has 0 radical (unpaired) electrons. The molecule has 0 bridgehead atoms. The number of nitrogens with one attached hydrogen (secondary N) is 2. The Bertz CT molecular complexity index is 161. The van der Waals surface area contributed by atoms with Crippen molar-refractivity contribution in [2.45, 2.75) is 33.6 Å². The van der Waals surface area contributed by atoms with Crippen molar-refractivity contribution in [1.82, 2.24) is 10.6 Å². The molecule has 0 aliphatic carbocycles. The van der Waals surface area contributed by atoms with Crippen LogP contribution in [-0.2, 0) is 4.74 Å². The van der Waals surface area contributed by atoms with Crippen molar-refractivity contribution >= 4 is 6.03 Å². The van der Waals surface area contributed by atoms with Crippen LogP contribution in [-0.4, -0.2) is 32.3 Å². The van der Waals surface area contributed by atoms with E-state index in [1.165, 1.54) is 0 Å². The Hall–Kier alpha value is -0.770. The van der Waals surface area contributed by atoms with Gasteiger partial charge in [0.2, 0.25) is 0 Å². The molecule has 0 aromatic heterocycles. The van der Waals surface area contributed by atoms with E-state index in [1.807, 2.05) is 6.92 Å². The van der Waals surface area contributed by atoms with Gasteiger partial charge in [0.05, 0.1) is 0 Å². The lowest BCUT2D eigenvalue weighted by molar-refractivity contribution is 0.108. The van der Waals surface area contributed by atoms with Crippen LogP contribution in [0.3, 0.4) is 0 Å². The zero-order chi connectivity index (χ0) is 11.5. The zero-order valence-electron chi connectivity index (χ0n) is 10.1. The Kier molecular flexibility index (Phi) is 9.27. The first-order chi connectivity index (χ1) is 7.16. The minimum absolute atomic E-state index is 0.0827. The molecular formula is C11H24N2O2. The number of hydrogen-bond acceptors (Lipinski definition) is 2. The molecule has 0 spiro atoms. The van der Waals surface area contributed by atoms with Crippen molar-refractivity contribution in [3.8, 4) is 0 Å². The van der Waals surface area contributed by atoms with Gasteiger partial charge in [0.15, 0.2) is 0 Å². The predicted octanol–water partition coefficient (Wildman–Crippen LogP) is 1.76. The number of carbonyl (C=O) groups excluding carboxylic acids is 1. The summed E-state index contributed by atoms with van der Waals surface area (Å²) in [5.74, 6) is 0.575. The fourth-order valence-corrected chi connectivity index (χ4v) is 0.996. The summed E-state index contributed by atoms with van der Waals surface area (Å²) >= 11 is 0. The Balaban J connectivity index is 3.13. The topological polar surface area (TPSA) is 50.4 Å². The fraction of sp³-hybridized carbons (Fsp3) is 0.909. The monoisotopic (exact) mass is 216 g/mol. The largest absolute Gasteiger partial charge is 0.381 e. The SMILES string of the molecule is CCCNC(=O)NCCCOCC(C)C. The number of hydrogen-bond donors (Lipinski definition) is 2. The number of carbonyl (C=O) groups is 1. The molecule has 4 nitrogen and oxygen atoms in total. The minimum Gasteiger partial charge on any atom is -0.381 e. The number of amides is 2. The average molecular weight is 216 g/mol. The van der Waals surface area contributed by atoms with E-state index in [2.05, 4.69) is 24.5 Å². The van der Waals surface area contributed by atoms with Gasteiger partial charge in [0.1, 0.15) is 0 Å². The maximum Gasteiger partial charge on any atom is 0.314 e. The molecule has 90 valence electrons. The maximum atomic E-state index is 11.1. The molecule has 0 rings (SSSR count). The van der Waals surface area contributed by atoms with Crippen molar-refractivity contribution in [3.63, 3.8) is 0 Å². The van der Waals surface area contributed by atoms with Gasteiger partial charge in [-0.3, -0.25) is 0 Å². The van der Waals surface area contributed by atoms with Gasteiger partial charge in [0.25, 0.3) is 0 Å². The van der Waals surface area contributed by atoms with Crippen molar-refractivity contribution in [2.24, 2.45) is 5.92 Å².